The van der Waals surface area contributed by atoms with Crippen LogP contribution in [-0.4, -0.2) is 7.05 Å². The molecule has 0 spiro atoms. The van der Waals surface area contributed by atoms with Gasteiger partial charge in [0.15, 0.2) is 0 Å². The molecule has 1 N–H and O–H groups in total. The van der Waals surface area contributed by atoms with Gasteiger partial charge in [0.05, 0.1) is 5.56 Å². The molecule has 2 rings (SSSR count). The van der Waals surface area contributed by atoms with Crippen molar-refractivity contribution in [1.82, 2.24) is 5.32 Å². The third-order valence-electron chi connectivity index (χ3n) is 3.36. The number of alkyl halides is 3. The van der Waals surface area contributed by atoms with E-state index in [1.807, 2.05) is 38.2 Å². The van der Waals surface area contributed by atoms with Gasteiger partial charge < -0.3 is 5.32 Å². The number of hydrogen-bond donors (Lipinski definition) is 1. The van der Waals surface area contributed by atoms with E-state index in [9.17, 15) is 13.2 Å². The van der Waals surface area contributed by atoms with Crippen molar-refractivity contribution in [1.29, 1.82) is 0 Å². The largest absolute Gasteiger partial charge is 0.416 e. The topological polar surface area (TPSA) is 12.0 Å². The fourth-order valence-corrected chi connectivity index (χ4v) is 2.16. The van der Waals surface area contributed by atoms with Crippen LogP contribution in [0.4, 0.5) is 13.2 Å². The Bertz CT molecular complexity index is 590. The van der Waals surface area contributed by atoms with Crippen molar-refractivity contribution in [2.75, 3.05) is 7.05 Å². The van der Waals surface area contributed by atoms with Crippen LogP contribution in [0.3, 0.4) is 0 Å². The monoisotopic (exact) mass is 279 g/mol. The van der Waals surface area contributed by atoms with Gasteiger partial charge in [0, 0.05) is 6.04 Å². The second kappa shape index (κ2) is 5.67. The molecule has 0 radical (unpaired) electrons. The van der Waals surface area contributed by atoms with E-state index in [0.29, 0.717) is 5.56 Å². The number of hydrogen-bond acceptors (Lipinski definition) is 1. The van der Waals surface area contributed by atoms with Crippen LogP contribution < -0.4 is 5.32 Å². The molecule has 2 aromatic rings. The normalized spacial score (nSPS) is 13.2. The van der Waals surface area contributed by atoms with Crippen molar-refractivity contribution in [3.8, 4) is 11.1 Å². The molecule has 0 saturated heterocycles. The summed E-state index contributed by atoms with van der Waals surface area (Å²) < 4.78 is 38.4. The summed E-state index contributed by atoms with van der Waals surface area (Å²) in [6.07, 6.45) is -4.32. The van der Waals surface area contributed by atoms with Crippen molar-refractivity contribution in [2.45, 2.75) is 19.1 Å². The maximum Gasteiger partial charge on any atom is 0.416 e. The summed E-state index contributed by atoms with van der Waals surface area (Å²) >= 11 is 0. The molecule has 1 atom stereocenters. The summed E-state index contributed by atoms with van der Waals surface area (Å²) in [5, 5.41) is 3.11. The van der Waals surface area contributed by atoms with Gasteiger partial charge in [-0.2, -0.15) is 13.2 Å². The molecule has 0 aliphatic rings. The van der Waals surface area contributed by atoms with E-state index in [2.05, 4.69) is 5.32 Å². The predicted octanol–water partition coefficient (Wildman–Crippen LogP) is 4.65. The smallest absolute Gasteiger partial charge is 0.313 e. The van der Waals surface area contributed by atoms with Crippen molar-refractivity contribution in [3.05, 3.63) is 59.7 Å². The molecule has 2 aromatic carbocycles. The second-order valence-corrected chi connectivity index (χ2v) is 4.68. The maximum absolute atomic E-state index is 12.8. The zero-order chi connectivity index (χ0) is 14.8. The molecular formula is C16H16F3N. The SMILES string of the molecule is CNC(C)c1ccccc1-c1cccc(C(F)(F)F)c1. The summed E-state index contributed by atoms with van der Waals surface area (Å²) in [5.41, 5.74) is 1.76. The van der Waals surface area contributed by atoms with Crippen LogP contribution in [0.15, 0.2) is 48.5 Å². The van der Waals surface area contributed by atoms with Crippen LogP contribution in [0.5, 0.6) is 0 Å². The standard InChI is InChI=1S/C16H16F3N/c1-11(20-2)14-8-3-4-9-15(14)12-6-5-7-13(10-12)16(17,18)19/h3-11,20H,1-2H3. The number of benzene rings is 2. The highest BCUT2D eigenvalue weighted by Gasteiger charge is 2.30. The molecule has 0 heterocycles. The minimum atomic E-state index is -4.32. The lowest BCUT2D eigenvalue weighted by Gasteiger charge is -2.17. The molecule has 0 bridgehead atoms. The molecule has 0 aliphatic heterocycles. The Kier molecular flexibility index (Phi) is 4.14. The molecule has 0 aromatic heterocycles. The van der Waals surface area contributed by atoms with Crippen LogP contribution in [0, 0.1) is 0 Å². The van der Waals surface area contributed by atoms with Crippen molar-refractivity contribution in [3.63, 3.8) is 0 Å². The van der Waals surface area contributed by atoms with Crippen molar-refractivity contribution < 1.29 is 13.2 Å². The highest BCUT2D eigenvalue weighted by molar-refractivity contribution is 5.68. The lowest BCUT2D eigenvalue weighted by Crippen LogP contribution is -2.13. The predicted molar refractivity (Wildman–Crippen MR) is 74.4 cm³/mol. The van der Waals surface area contributed by atoms with Gasteiger partial charge in [0.2, 0.25) is 0 Å². The molecular weight excluding hydrogens is 263 g/mol. The molecule has 0 amide bonds. The summed E-state index contributed by atoms with van der Waals surface area (Å²) in [6.45, 7) is 1.98. The molecule has 4 heteroatoms. The first-order valence-electron chi connectivity index (χ1n) is 6.37. The van der Waals surface area contributed by atoms with Crippen LogP contribution in [0.1, 0.15) is 24.1 Å². The first kappa shape index (κ1) is 14.6. The molecule has 0 fully saturated rings. The maximum atomic E-state index is 12.8. The van der Waals surface area contributed by atoms with Gasteiger partial charge in [-0.25, -0.2) is 0 Å². The Morgan fingerprint density at radius 1 is 1.00 bits per heavy atom. The molecule has 1 unspecified atom stereocenters. The number of rotatable bonds is 3. The van der Waals surface area contributed by atoms with Gasteiger partial charge in [-0.15, -0.1) is 0 Å². The molecule has 0 saturated carbocycles. The third kappa shape index (κ3) is 3.02. The zero-order valence-corrected chi connectivity index (χ0v) is 11.3. The van der Waals surface area contributed by atoms with E-state index in [-0.39, 0.29) is 6.04 Å². The number of nitrogens with one attached hydrogen (secondary N) is 1. The lowest BCUT2D eigenvalue weighted by molar-refractivity contribution is -0.137. The van der Waals surface area contributed by atoms with Gasteiger partial charge in [0.1, 0.15) is 0 Å². The third-order valence-corrected chi connectivity index (χ3v) is 3.36. The summed E-state index contributed by atoms with van der Waals surface area (Å²) in [7, 11) is 1.83. The van der Waals surface area contributed by atoms with Crippen LogP contribution in [0.25, 0.3) is 11.1 Å². The number of halogens is 3. The summed E-state index contributed by atoms with van der Waals surface area (Å²) in [6, 6.07) is 13.0. The van der Waals surface area contributed by atoms with E-state index in [1.54, 1.807) is 6.07 Å². The highest BCUT2D eigenvalue weighted by Crippen LogP contribution is 2.34. The van der Waals surface area contributed by atoms with Gasteiger partial charge in [-0.05, 0) is 42.8 Å². The molecule has 0 aliphatic carbocycles. The van der Waals surface area contributed by atoms with E-state index >= 15 is 0 Å². The first-order chi connectivity index (χ1) is 9.43. The zero-order valence-electron chi connectivity index (χ0n) is 11.3. The Labute approximate surface area is 116 Å². The highest BCUT2D eigenvalue weighted by atomic mass is 19.4. The fraction of sp³-hybridized carbons (Fsp3) is 0.250. The van der Waals surface area contributed by atoms with Crippen LogP contribution in [-0.2, 0) is 6.18 Å². The first-order valence-corrected chi connectivity index (χ1v) is 6.37. The molecule has 1 nitrogen and oxygen atoms in total. The van der Waals surface area contributed by atoms with E-state index in [1.165, 1.54) is 12.1 Å². The van der Waals surface area contributed by atoms with Crippen molar-refractivity contribution >= 4 is 0 Å². The lowest BCUT2D eigenvalue weighted by atomic mass is 9.94. The second-order valence-electron chi connectivity index (χ2n) is 4.68. The quantitative estimate of drug-likeness (QED) is 0.862. The summed E-state index contributed by atoms with van der Waals surface area (Å²) in [5.74, 6) is 0. The van der Waals surface area contributed by atoms with E-state index < -0.39 is 11.7 Å². The van der Waals surface area contributed by atoms with Crippen LogP contribution in [0.2, 0.25) is 0 Å². The van der Waals surface area contributed by atoms with E-state index in [0.717, 1.165) is 17.2 Å². The molecule has 106 valence electrons. The van der Waals surface area contributed by atoms with Crippen LogP contribution >= 0.6 is 0 Å². The molecule has 20 heavy (non-hydrogen) atoms. The van der Waals surface area contributed by atoms with Gasteiger partial charge >= 0.3 is 6.18 Å². The average Bonchev–Trinajstić information content (AvgIpc) is 2.45. The van der Waals surface area contributed by atoms with Gasteiger partial charge in [-0.3, -0.25) is 0 Å². The Balaban J connectivity index is 2.52. The van der Waals surface area contributed by atoms with Gasteiger partial charge in [0.25, 0.3) is 0 Å². The Morgan fingerprint density at radius 2 is 1.70 bits per heavy atom. The minimum Gasteiger partial charge on any atom is -0.313 e. The van der Waals surface area contributed by atoms with Crippen molar-refractivity contribution in [2.24, 2.45) is 0 Å². The summed E-state index contributed by atoms with van der Waals surface area (Å²) in [4.78, 5) is 0. The fourth-order valence-electron chi connectivity index (χ4n) is 2.16. The van der Waals surface area contributed by atoms with Gasteiger partial charge in [-0.1, -0.05) is 36.4 Å². The minimum absolute atomic E-state index is 0.0701. The Morgan fingerprint density at radius 3 is 2.35 bits per heavy atom. The Hall–Kier alpha value is -1.81. The average molecular weight is 279 g/mol. The van der Waals surface area contributed by atoms with E-state index in [4.69, 9.17) is 0 Å².